The molecule has 2 aliphatic rings. The summed E-state index contributed by atoms with van der Waals surface area (Å²) < 4.78 is 6.46. The van der Waals surface area contributed by atoms with Crippen LogP contribution in [0.5, 0.6) is 0 Å². The van der Waals surface area contributed by atoms with Gasteiger partial charge in [-0.3, -0.25) is 14.8 Å². The molecule has 1 atom stereocenters. The molecule has 2 aliphatic heterocycles. The van der Waals surface area contributed by atoms with Crippen LogP contribution in [0.2, 0.25) is 0 Å². The van der Waals surface area contributed by atoms with Crippen LogP contribution in [-0.2, 0) is 4.74 Å². The van der Waals surface area contributed by atoms with Gasteiger partial charge in [0.2, 0.25) is 0 Å². The summed E-state index contributed by atoms with van der Waals surface area (Å²) >= 11 is 3.59. The molecule has 7 heteroatoms. The summed E-state index contributed by atoms with van der Waals surface area (Å²) in [6, 6.07) is 18.1. The van der Waals surface area contributed by atoms with Crippen molar-refractivity contribution in [3.05, 3.63) is 75.9 Å². The number of ether oxygens (including phenoxy) is 1. The molecule has 1 aromatic heterocycles. The molecular formula is C23H23BrN4O2. The fourth-order valence-corrected chi connectivity index (χ4v) is 4.76. The highest BCUT2D eigenvalue weighted by molar-refractivity contribution is 9.10. The fraction of sp³-hybridized carbons (Fsp3) is 0.304. The molecule has 0 saturated carbocycles. The SMILES string of the molecule is O=C1c2[nH]nc(-c3ccccc3)c2C(c2cccc(Br)c2)N1CCN1CCOCC1. The van der Waals surface area contributed by atoms with E-state index in [1.807, 2.05) is 47.4 Å². The van der Waals surface area contributed by atoms with Crippen LogP contribution in [0.1, 0.15) is 27.7 Å². The van der Waals surface area contributed by atoms with Crippen LogP contribution in [0.25, 0.3) is 11.3 Å². The number of carbonyl (C=O) groups is 1. The molecule has 6 nitrogen and oxygen atoms in total. The Morgan fingerprint density at radius 1 is 1.07 bits per heavy atom. The number of fused-ring (bicyclic) bond motifs is 1. The number of halogens is 1. The van der Waals surface area contributed by atoms with Gasteiger partial charge in [0, 0.05) is 41.8 Å². The average molecular weight is 467 g/mol. The normalized spacial score (nSPS) is 19.3. The molecule has 0 radical (unpaired) electrons. The van der Waals surface area contributed by atoms with E-state index in [0.29, 0.717) is 12.2 Å². The van der Waals surface area contributed by atoms with Crippen molar-refractivity contribution in [1.29, 1.82) is 0 Å². The Balaban J connectivity index is 1.53. The Bertz CT molecular complexity index is 1050. The zero-order chi connectivity index (χ0) is 20.5. The topological polar surface area (TPSA) is 61.5 Å². The highest BCUT2D eigenvalue weighted by Crippen LogP contribution is 2.43. The van der Waals surface area contributed by atoms with Gasteiger partial charge in [-0.1, -0.05) is 58.4 Å². The van der Waals surface area contributed by atoms with Gasteiger partial charge in [-0.2, -0.15) is 5.10 Å². The van der Waals surface area contributed by atoms with Crippen molar-refractivity contribution in [2.45, 2.75) is 6.04 Å². The first kappa shape index (κ1) is 19.5. The van der Waals surface area contributed by atoms with Crippen LogP contribution in [0.3, 0.4) is 0 Å². The molecule has 2 aromatic carbocycles. The first-order valence-corrected chi connectivity index (χ1v) is 11.0. The van der Waals surface area contributed by atoms with E-state index in [1.54, 1.807) is 0 Å². The van der Waals surface area contributed by atoms with Crippen LogP contribution in [0.15, 0.2) is 59.1 Å². The van der Waals surface area contributed by atoms with Gasteiger partial charge in [-0.25, -0.2) is 0 Å². The maximum atomic E-state index is 13.4. The zero-order valence-electron chi connectivity index (χ0n) is 16.6. The number of nitrogens with one attached hydrogen (secondary N) is 1. The number of carbonyl (C=O) groups excluding carboxylic acids is 1. The highest BCUT2D eigenvalue weighted by Gasteiger charge is 2.42. The molecule has 30 heavy (non-hydrogen) atoms. The molecule has 1 fully saturated rings. The van der Waals surface area contributed by atoms with E-state index < -0.39 is 0 Å². The number of amides is 1. The molecule has 0 aliphatic carbocycles. The van der Waals surface area contributed by atoms with Gasteiger partial charge >= 0.3 is 0 Å². The highest BCUT2D eigenvalue weighted by atomic mass is 79.9. The van der Waals surface area contributed by atoms with Crippen LogP contribution < -0.4 is 0 Å². The van der Waals surface area contributed by atoms with Crippen molar-refractivity contribution >= 4 is 21.8 Å². The molecule has 1 amide bonds. The first-order valence-electron chi connectivity index (χ1n) is 10.2. The minimum absolute atomic E-state index is 0.0120. The number of morpholine rings is 1. The van der Waals surface area contributed by atoms with Crippen molar-refractivity contribution < 1.29 is 9.53 Å². The third kappa shape index (κ3) is 3.57. The average Bonchev–Trinajstić information content (AvgIpc) is 3.32. The Labute approximate surface area is 184 Å². The number of aromatic nitrogens is 2. The number of hydrogen-bond donors (Lipinski definition) is 1. The second-order valence-electron chi connectivity index (χ2n) is 7.64. The summed E-state index contributed by atoms with van der Waals surface area (Å²) in [5.74, 6) is 0.0120. The standard InChI is InChI=1S/C23H23BrN4O2/c24-18-8-4-7-17(15-18)22-19-20(16-5-2-1-3-6-16)25-26-21(19)23(29)28(22)10-9-27-11-13-30-14-12-27/h1-8,15,22H,9-14H2,(H,25,26). The third-order valence-corrected chi connectivity index (χ3v) is 6.33. The lowest BCUT2D eigenvalue weighted by molar-refractivity contribution is 0.0316. The van der Waals surface area contributed by atoms with Gasteiger partial charge in [-0.05, 0) is 17.7 Å². The second kappa shape index (κ2) is 8.34. The van der Waals surface area contributed by atoms with E-state index in [4.69, 9.17) is 4.74 Å². The van der Waals surface area contributed by atoms with Crippen LogP contribution in [0, 0.1) is 0 Å². The van der Waals surface area contributed by atoms with E-state index in [9.17, 15) is 4.79 Å². The lowest BCUT2D eigenvalue weighted by atomic mass is 9.96. The quantitative estimate of drug-likeness (QED) is 0.622. The van der Waals surface area contributed by atoms with Crippen molar-refractivity contribution in [3.63, 3.8) is 0 Å². The van der Waals surface area contributed by atoms with Crippen LogP contribution in [-0.4, -0.2) is 65.3 Å². The van der Waals surface area contributed by atoms with E-state index in [1.165, 1.54) is 0 Å². The minimum atomic E-state index is -0.167. The van der Waals surface area contributed by atoms with Crippen molar-refractivity contribution in [1.82, 2.24) is 20.0 Å². The number of hydrogen-bond acceptors (Lipinski definition) is 4. The van der Waals surface area contributed by atoms with E-state index in [0.717, 1.165) is 59.7 Å². The Kier molecular flexibility index (Phi) is 5.41. The largest absolute Gasteiger partial charge is 0.379 e. The molecule has 0 bridgehead atoms. The second-order valence-corrected chi connectivity index (χ2v) is 8.55. The molecule has 5 rings (SSSR count). The molecule has 0 spiro atoms. The summed E-state index contributed by atoms with van der Waals surface area (Å²) in [6.07, 6.45) is 0. The van der Waals surface area contributed by atoms with Gasteiger partial charge in [0.05, 0.1) is 24.9 Å². The number of aromatic amines is 1. The van der Waals surface area contributed by atoms with Gasteiger partial charge in [0.1, 0.15) is 5.69 Å². The number of rotatable bonds is 5. The van der Waals surface area contributed by atoms with Crippen LogP contribution >= 0.6 is 15.9 Å². The molecule has 3 aromatic rings. The molecule has 1 unspecified atom stereocenters. The molecule has 3 heterocycles. The van der Waals surface area contributed by atoms with E-state index in [-0.39, 0.29) is 11.9 Å². The van der Waals surface area contributed by atoms with Gasteiger partial charge in [-0.15, -0.1) is 0 Å². The van der Waals surface area contributed by atoms with E-state index in [2.05, 4.69) is 43.2 Å². The summed E-state index contributed by atoms with van der Waals surface area (Å²) in [7, 11) is 0. The Morgan fingerprint density at radius 3 is 2.63 bits per heavy atom. The molecule has 1 saturated heterocycles. The number of nitrogens with zero attached hydrogens (tertiary/aromatic N) is 3. The fourth-order valence-electron chi connectivity index (χ4n) is 4.34. The summed E-state index contributed by atoms with van der Waals surface area (Å²) in [5.41, 5.74) is 4.50. The predicted molar refractivity (Wildman–Crippen MR) is 118 cm³/mol. The van der Waals surface area contributed by atoms with Gasteiger partial charge in [0.15, 0.2) is 0 Å². The summed E-state index contributed by atoms with van der Waals surface area (Å²) in [4.78, 5) is 17.7. The molecule has 154 valence electrons. The minimum Gasteiger partial charge on any atom is -0.379 e. The van der Waals surface area contributed by atoms with E-state index >= 15 is 0 Å². The van der Waals surface area contributed by atoms with Crippen LogP contribution in [0.4, 0.5) is 0 Å². The van der Waals surface area contributed by atoms with Gasteiger partial charge < -0.3 is 9.64 Å². The third-order valence-electron chi connectivity index (χ3n) is 5.84. The molecule has 1 N–H and O–H groups in total. The smallest absolute Gasteiger partial charge is 0.273 e. The lowest BCUT2D eigenvalue weighted by Gasteiger charge is -2.31. The summed E-state index contributed by atoms with van der Waals surface area (Å²) in [5, 5.41) is 7.56. The number of benzene rings is 2. The monoisotopic (exact) mass is 466 g/mol. The molecular weight excluding hydrogens is 444 g/mol. The Hall–Kier alpha value is -2.48. The zero-order valence-corrected chi connectivity index (χ0v) is 18.1. The number of H-pyrrole nitrogens is 1. The summed E-state index contributed by atoms with van der Waals surface area (Å²) in [6.45, 7) is 4.82. The predicted octanol–water partition coefficient (Wildman–Crippen LogP) is 3.72. The van der Waals surface area contributed by atoms with Crippen molar-refractivity contribution in [2.75, 3.05) is 39.4 Å². The van der Waals surface area contributed by atoms with Crippen molar-refractivity contribution in [2.24, 2.45) is 0 Å². The first-order chi connectivity index (χ1) is 14.7. The van der Waals surface area contributed by atoms with Gasteiger partial charge in [0.25, 0.3) is 5.91 Å². The Morgan fingerprint density at radius 2 is 1.87 bits per heavy atom. The maximum Gasteiger partial charge on any atom is 0.273 e. The maximum absolute atomic E-state index is 13.4. The lowest BCUT2D eigenvalue weighted by Crippen LogP contribution is -2.42. The van der Waals surface area contributed by atoms with Crippen molar-refractivity contribution in [3.8, 4) is 11.3 Å².